The Bertz CT molecular complexity index is 783. The monoisotopic (exact) mass is 355 g/mol. The zero-order chi connectivity index (χ0) is 18.5. The average Bonchev–Trinajstić information content (AvgIpc) is 2.64. The van der Waals surface area contributed by atoms with Gasteiger partial charge in [0.25, 0.3) is 0 Å². The van der Waals surface area contributed by atoms with E-state index >= 15 is 0 Å². The molecule has 26 heavy (non-hydrogen) atoms. The van der Waals surface area contributed by atoms with Crippen LogP contribution in [0.2, 0.25) is 0 Å². The highest BCUT2D eigenvalue weighted by Gasteiger charge is 2.31. The molecule has 1 N–H and O–H groups in total. The number of aliphatic carboxylic acids is 1. The maximum atomic E-state index is 12.4. The van der Waals surface area contributed by atoms with Crippen LogP contribution in [0.5, 0.6) is 5.75 Å². The zero-order valence-electron chi connectivity index (χ0n) is 15.1. The van der Waals surface area contributed by atoms with Crippen molar-refractivity contribution in [1.82, 2.24) is 4.90 Å². The van der Waals surface area contributed by atoms with Crippen molar-refractivity contribution in [3.63, 3.8) is 0 Å². The third-order valence-corrected chi connectivity index (χ3v) is 4.90. The van der Waals surface area contributed by atoms with Gasteiger partial charge in [-0.1, -0.05) is 43.3 Å². The molecule has 1 fully saturated rings. The molecular formula is C21H25NO4. The van der Waals surface area contributed by atoms with Crippen molar-refractivity contribution >= 4 is 22.6 Å². The van der Waals surface area contributed by atoms with Gasteiger partial charge in [0.1, 0.15) is 5.75 Å². The van der Waals surface area contributed by atoms with Gasteiger partial charge in [0.15, 0.2) is 0 Å². The third kappa shape index (κ3) is 4.34. The minimum atomic E-state index is -0.811. The van der Waals surface area contributed by atoms with Crippen LogP contribution in [-0.2, 0) is 9.59 Å². The summed E-state index contributed by atoms with van der Waals surface area (Å²) in [5, 5.41) is 11.4. The number of likely N-dealkylation sites (tertiary alicyclic amines) is 1. The number of hydrogen-bond acceptors (Lipinski definition) is 3. The molecule has 1 amide bonds. The molecular weight excluding hydrogens is 330 g/mol. The van der Waals surface area contributed by atoms with Crippen LogP contribution < -0.4 is 4.74 Å². The predicted molar refractivity (Wildman–Crippen MR) is 100 cm³/mol. The molecule has 0 aliphatic carbocycles. The Labute approximate surface area is 153 Å². The van der Waals surface area contributed by atoms with E-state index in [1.165, 1.54) is 0 Å². The summed E-state index contributed by atoms with van der Waals surface area (Å²) in [6.07, 6.45) is 1.64. The number of rotatable bonds is 6. The van der Waals surface area contributed by atoms with Crippen molar-refractivity contribution in [2.75, 3.05) is 19.7 Å². The minimum absolute atomic E-state index is 0.0179. The number of carbonyl (C=O) groups is 2. The molecule has 1 saturated heterocycles. The largest absolute Gasteiger partial charge is 0.493 e. The van der Waals surface area contributed by atoms with E-state index in [0.717, 1.165) is 16.5 Å². The van der Waals surface area contributed by atoms with Gasteiger partial charge in [-0.15, -0.1) is 0 Å². The van der Waals surface area contributed by atoms with Gasteiger partial charge in [-0.05, 0) is 30.2 Å². The third-order valence-electron chi connectivity index (χ3n) is 4.90. The van der Waals surface area contributed by atoms with Crippen LogP contribution in [0, 0.1) is 11.8 Å². The second-order valence-corrected chi connectivity index (χ2v) is 7.10. The number of carbonyl (C=O) groups excluding carboxylic acids is 1. The molecule has 0 bridgehead atoms. The number of carboxylic acid groups (broad SMARTS) is 1. The first-order chi connectivity index (χ1) is 12.5. The summed E-state index contributed by atoms with van der Waals surface area (Å²) < 4.78 is 5.87. The molecule has 0 spiro atoms. The van der Waals surface area contributed by atoms with Crippen molar-refractivity contribution in [2.45, 2.75) is 26.2 Å². The zero-order valence-corrected chi connectivity index (χ0v) is 15.1. The Balaban J connectivity index is 1.50. The number of ether oxygens (including phenoxy) is 1. The lowest BCUT2D eigenvalue weighted by atomic mass is 9.90. The number of nitrogens with zero attached hydrogens (tertiary/aromatic N) is 1. The Morgan fingerprint density at radius 3 is 2.73 bits per heavy atom. The molecule has 2 atom stereocenters. The average molecular weight is 355 g/mol. The summed E-state index contributed by atoms with van der Waals surface area (Å²) in [6.45, 7) is 3.43. The van der Waals surface area contributed by atoms with E-state index in [9.17, 15) is 14.7 Å². The van der Waals surface area contributed by atoms with Gasteiger partial charge in [-0.3, -0.25) is 9.59 Å². The van der Waals surface area contributed by atoms with Crippen molar-refractivity contribution in [3.8, 4) is 5.75 Å². The van der Waals surface area contributed by atoms with Crippen LogP contribution in [0.4, 0.5) is 0 Å². The number of hydrogen-bond donors (Lipinski definition) is 1. The first kappa shape index (κ1) is 18.2. The van der Waals surface area contributed by atoms with Crippen molar-refractivity contribution < 1.29 is 19.4 Å². The van der Waals surface area contributed by atoms with Gasteiger partial charge in [0.05, 0.1) is 12.5 Å². The van der Waals surface area contributed by atoms with E-state index in [0.29, 0.717) is 39.0 Å². The van der Waals surface area contributed by atoms with E-state index < -0.39 is 11.9 Å². The highest BCUT2D eigenvalue weighted by molar-refractivity contribution is 5.88. The quantitative estimate of drug-likeness (QED) is 0.805. The van der Waals surface area contributed by atoms with Crippen LogP contribution in [0.15, 0.2) is 42.5 Å². The fourth-order valence-corrected chi connectivity index (χ4v) is 3.62. The highest BCUT2D eigenvalue weighted by Crippen LogP contribution is 2.26. The number of benzene rings is 2. The fourth-order valence-electron chi connectivity index (χ4n) is 3.62. The predicted octanol–water partition coefficient (Wildman–Crippen LogP) is 3.57. The van der Waals surface area contributed by atoms with Gasteiger partial charge in [-0.25, -0.2) is 0 Å². The summed E-state index contributed by atoms with van der Waals surface area (Å²) >= 11 is 0. The topological polar surface area (TPSA) is 66.8 Å². The molecule has 1 aliphatic rings. The number of amides is 1. The van der Waals surface area contributed by atoms with Crippen molar-refractivity contribution in [2.24, 2.45) is 11.8 Å². The second kappa shape index (κ2) is 8.21. The summed E-state index contributed by atoms with van der Waals surface area (Å²) in [4.78, 5) is 25.3. The lowest BCUT2D eigenvalue weighted by molar-refractivity contribution is -0.147. The second-order valence-electron chi connectivity index (χ2n) is 7.10. The van der Waals surface area contributed by atoms with E-state index in [-0.39, 0.29) is 11.8 Å². The molecule has 0 radical (unpaired) electrons. The molecule has 1 heterocycles. The van der Waals surface area contributed by atoms with Gasteiger partial charge in [0, 0.05) is 24.9 Å². The molecule has 5 nitrogen and oxygen atoms in total. The van der Waals surface area contributed by atoms with E-state index in [1.807, 2.05) is 49.4 Å². The standard InChI is InChI=1S/C21H25NO4/c1-15-12-17(21(24)25)14-22(13-15)20(23)10-5-11-26-19-9-4-7-16-6-2-3-8-18(16)19/h2-4,6-9,15,17H,5,10-14H2,1H3,(H,24,25). The maximum absolute atomic E-state index is 12.4. The summed E-state index contributed by atoms with van der Waals surface area (Å²) in [5.41, 5.74) is 0. The van der Waals surface area contributed by atoms with Crippen LogP contribution in [-0.4, -0.2) is 41.6 Å². The van der Waals surface area contributed by atoms with E-state index in [4.69, 9.17) is 4.74 Å². The molecule has 138 valence electrons. The molecule has 1 aliphatic heterocycles. The normalized spacial score (nSPS) is 20.1. The van der Waals surface area contributed by atoms with Crippen molar-refractivity contribution in [3.05, 3.63) is 42.5 Å². The Morgan fingerprint density at radius 1 is 1.15 bits per heavy atom. The van der Waals surface area contributed by atoms with Gasteiger partial charge in [0.2, 0.25) is 5.91 Å². The Kier molecular flexibility index (Phi) is 5.76. The van der Waals surface area contributed by atoms with Crippen LogP contribution in [0.3, 0.4) is 0 Å². The molecule has 5 heteroatoms. The lowest BCUT2D eigenvalue weighted by Gasteiger charge is -2.34. The Hall–Kier alpha value is -2.56. The molecule has 2 unspecified atom stereocenters. The van der Waals surface area contributed by atoms with E-state index in [1.54, 1.807) is 4.90 Å². The van der Waals surface area contributed by atoms with Gasteiger partial charge >= 0.3 is 5.97 Å². The van der Waals surface area contributed by atoms with Crippen LogP contribution in [0.1, 0.15) is 26.2 Å². The first-order valence-electron chi connectivity index (χ1n) is 9.15. The summed E-state index contributed by atoms with van der Waals surface area (Å²) in [5.74, 6) is -0.193. The molecule has 3 rings (SSSR count). The first-order valence-corrected chi connectivity index (χ1v) is 9.15. The van der Waals surface area contributed by atoms with Gasteiger partial charge < -0.3 is 14.7 Å². The van der Waals surface area contributed by atoms with Crippen molar-refractivity contribution in [1.29, 1.82) is 0 Å². The Morgan fingerprint density at radius 2 is 1.92 bits per heavy atom. The summed E-state index contributed by atoms with van der Waals surface area (Å²) in [6, 6.07) is 14.0. The molecule has 0 aromatic heterocycles. The van der Waals surface area contributed by atoms with Crippen LogP contribution in [0.25, 0.3) is 10.8 Å². The minimum Gasteiger partial charge on any atom is -0.493 e. The number of fused-ring (bicyclic) bond motifs is 1. The fraction of sp³-hybridized carbons (Fsp3) is 0.429. The number of piperidine rings is 1. The van der Waals surface area contributed by atoms with Crippen LogP contribution >= 0.6 is 0 Å². The van der Waals surface area contributed by atoms with E-state index in [2.05, 4.69) is 0 Å². The van der Waals surface area contributed by atoms with Gasteiger partial charge in [-0.2, -0.15) is 0 Å². The number of carboxylic acids is 1. The smallest absolute Gasteiger partial charge is 0.308 e. The lowest BCUT2D eigenvalue weighted by Crippen LogP contribution is -2.45. The highest BCUT2D eigenvalue weighted by atomic mass is 16.5. The molecule has 0 saturated carbocycles. The molecule has 2 aromatic rings. The molecule has 2 aromatic carbocycles. The summed E-state index contributed by atoms with van der Waals surface area (Å²) in [7, 11) is 0. The SMILES string of the molecule is CC1CC(C(=O)O)CN(C(=O)CCCOc2cccc3ccccc23)C1. The maximum Gasteiger partial charge on any atom is 0.308 e.